The molecule has 0 heterocycles. The van der Waals surface area contributed by atoms with Crippen LogP contribution in [0.5, 0.6) is 5.75 Å². The standard InChI is InChI=1S/C16H27ClN2O2/c1-5-21-16-12(10(2)3)8-11(17)9-13(16)15(20)14(19-4)6-7-18/h8-10,14-15,19-20H,5-7,18H2,1-4H3. The van der Waals surface area contributed by atoms with Crippen molar-refractivity contribution in [3.05, 3.63) is 28.3 Å². The second kappa shape index (κ2) is 8.59. The third-order valence-electron chi connectivity index (χ3n) is 3.57. The van der Waals surface area contributed by atoms with Crippen molar-refractivity contribution in [2.24, 2.45) is 5.73 Å². The van der Waals surface area contributed by atoms with E-state index in [0.717, 1.165) is 16.9 Å². The van der Waals surface area contributed by atoms with Gasteiger partial charge in [-0.25, -0.2) is 0 Å². The zero-order valence-electron chi connectivity index (χ0n) is 13.3. The van der Waals surface area contributed by atoms with Crippen LogP contribution in [0.25, 0.3) is 0 Å². The van der Waals surface area contributed by atoms with Crippen molar-refractivity contribution in [2.75, 3.05) is 20.2 Å². The van der Waals surface area contributed by atoms with E-state index in [1.807, 2.05) is 20.0 Å². The van der Waals surface area contributed by atoms with Crippen LogP contribution in [0.3, 0.4) is 0 Å². The molecule has 120 valence electrons. The Hall–Kier alpha value is -0.810. The summed E-state index contributed by atoms with van der Waals surface area (Å²) in [6, 6.07) is 3.56. The fourth-order valence-corrected chi connectivity index (χ4v) is 2.69. The van der Waals surface area contributed by atoms with E-state index in [4.69, 9.17) is 22.1 Å². The second-order valence-corrected chi connectivity index (χ2v) is 5.85. The topological polar surface area (TPSA) is 67.5 Å². The monoisotopic (exact) mass is 314 g/mol. The van der Waals surface area contributed by atoms with Gasteiger partial charge in [-0.3, -0.25) is 0 Å². The van der Waals surface area contributed by atoms with Gasteiger partial charge >= 0.3 is 0 Å². The summed E-state index contributed by atoms with van der Waals surface area (Å²) in [5, 5.41) is 14.4. The Morgan fingerprint density at radius 1 is 1.33 bits per heavy atom. The molecule has 4 N–H and O–H groups in total. The first-order valence-corrected chi connectivity index (χ1v) is 7.85. The Morgan fingerprint density at radius 3 is 2.43 bits per heavy atom. The number of halogens is 1. The van der Waals surface area contributed by atoms with Gasteiger partial charge < -0.3 is 20.9 Å². The lowest BCUT2D eigenvalue weighted by Gasteiger charge is -2.26. The Morgan fingerprint density at radius 2 is 1.95 bits per heavy atom. The number of aliphatic hydroxyl groups is 1. The lowest BCUT2D eigenvalue weighted by molar-refractivity contribution is 0.124. The van der Waals surface area contributed by atoms with Gasteiger partial charge in [-0.15, -0.1) is 0 Å². The van der Waals surface area contributed by atoms with E-state index in [9.17, 15) is 5.11 Å². The number of likely N-dealkylation sites (N-methyl/N-ethyl adjacent to an activating group) is 1. The highest BCUT2D eigenvalue weighted by atomic mass is 35.5. The molecule has 0 aliphatic rings. The molecule has 0 saturated carbocycles. The molecule has 0 aromatic heterocycles. The molecule has 0 spiro atoms. The Kier molecular flexibility index (Phi) is 7.46. The number of nitrogens with one attached hydrogen (secondary N) is 1. The molecule has 0 amide bonds. The van der Waals surface area contributed by atoms with Gasteiger partial charge in [0.05, 0.1) is 12.7 Å². The van der Waals surface area contributed by atoms with Gasteiger partial charge in [-0.2, -0.15) is 0 Å². The smallest absolute Gasteiger partial charge is 0.128 e. The van der Waals surface area contributed by atoms with Crippen molar-refractivity contribution in [3.8, 4) is 5.75 Å². The van der Waals surface area contributed by atoms with Crippen molar-refractivity contribution >= 4 is 11.6 Å². The summed E-state index contributed by atoms with van der Waals surface area (Å²) < 4.78 is 5.80. The summed E-state index contributed by atoms with van der Waals surface area (Å²) in [7, 11) is 1.82. The molecule has 2 atom stereocenters. The van der Waals surface area contributed by atoms with Crippen LogP contribution in [0.1, 0.15) is 50.3 Å². The van der Waals surface area contributed by atoms with E-state index >= 15 is 0 Å². The highest BCUT2D eigenvalue weighted by Crippen LogP contribution is 2.38. The van der Waals surface area contributed by atoms with E-state index in [2.05, 4.69) is 19.2 Å². The fourth-order valence-electron chi connectivity index (χ4n) is 2.45. The quantitative estimate of drug-likeness (QED) is 0.690. The van der Waals surface area contributed by atoms with E-state index < -0.39 is 6.10 Å². The highest BCUT2D eigenvalue weighted by Gasteiger charge is 2.25. The molecule has 4 nitrogen and oxygen atoms in total. The van der Waals surface area contributed by atoms with Gasteiger partial charge in [-0.1, -0.05) is 25.4 Å². The lowest BCUT2D eigenvalue weighted by atomic mass is 9.93. The molecule has 21 heavy (non-hydrogen) atoms. The first-order valence-electron chi connectivity index (χ1n) is 7.47. The molecule has 1 rings (SSSR count). The first-order chi connectivity index (χ1) is 9.96. The summed E-state index contributed by atoms with van der Waals surface area (Å²) in [6.45, 7) is 7.15. The number of hydrogen-bond donors (Lipinski definition) is 3. The molecular formula is C16H27ClN2O2. The van der Waals surface area contributed by atoms with Crippen molar-refractivity contribution in [2.45, 2.75) is 45.3 Å². The Balaban J connectivity index is 3.31. The first kappa shape index (κ1) is 18.2. The van der Waals surface area contributed by atoms with Gasteiger partial charge in [0.2, 0.25) is 0 Å². The van der Waals surface area contributed by atoms with Crippen LogP contribution in [0.2, 0.25) is 5.02 Å². The van der Waals surface area contributed by atoms with Crippen LogP contribution in [-0.2, 0) is 0 Å². The molecule has 1 aromatic rings. The normalized spacial score (nSPS) is 14.3. The minimum absolute atomic E-state index is 0.132. The molecule has 5 heteroatoms. The van der Waals surface area contributed by atoms with Crippen molar-refractivity contribution in [3.63, 3.8) is 0 Å². The SMILES string of the molecule is CCOc1c(C(C)C)cc(Cl)cc1C(O)C(CCN)NC. The molecule has 0 fully saturated rings. The number of rotatable bonds is 8. The van der Waals surface area contributed by atoms with E-state index in [1.54, 1.807) is 6.07 Å². The molecule has 1 aromatic carbocycles. The lowest BCUT2D eigenvalue weighted by Crippen LogP contribution is -2.34. The van der Waals surface area contributed by atoms with Gasteiger partial charge in [0.15, 0.2) is 0 Å². The number of hydrogen-bond acceptors (Lipinski definition) is 4. The average molecular weight is 315 g/mol. The maximum Gasteiger partial charge on any atom is 0.128 e. The van der Waals surface area contributed by atoms with E-state index in [1.165, 1.54) is 0 Å². The minimum Gasteiger partial charge on any atom is -0.493 e. The summed E-state index contributed by atoms with van der Waals surface area (Å²) in [5.74, 6) is 1.00. The zero-order valence-corrected chi connectivity index (χ0v) is 14.1. The van der Waals surface area contributed by atoms with Gasteiger partial charge in [0.1, 0.15) is 5.75 Å². The number of aliphatic hydroxyl groups excluding tert-OH is 1. The molecule has 0 bridgehead atoms. The van der Waals surface area contributed by atoms with Crippen molar-refractivity contribution < 1.29 is 9.84 Å². The van der Waals surface area contributed by atoms with Crippen molar-refractivity contribution in [1.29, 1.82) is 0 Å². The Bertz CT molecular complexity index is 452. The summed E-state index contributed by atoms with van der Waals surface area (Å²) in [5.41, 5.74) is 7.36. The summed E-state index contributed by atoms with van der Waals surface area (Å²) in [4.78, 5) is 0. The summed E-state index contributed by atoms with van der Waals surface area (Å²) >= 11 is 6.22. The third-order valence-corrected chi connectivity index (χ3v) is 3.79. The highest BCUT2D eigenvalue weighted by molar-refractivity contribution is 6.30. The Labute approximate surface area is 132 Å². The molecule has 2 unspecified atom stereocenters. The third kappa shape index (κ3) is 4.58. The maximum absolute atomic E-state index is 10.7. The average Bonchev–Trinajstić information content (AvgIpc) is 2.45. The predicted molar refractivity (Wildman–Crippen MR) is 88.2 cm³/mol. The molecule has 0 saturated heterocycles. The number of ether oxygens (including phenoxy) is 1. The molecule has 0 aliphatic carbocycles. The largest absolute Gasteiger partial charge is 0.493 e. The fraction of sp³-hybridized carbons (Fsp3) is 0.625. The van der Waals surface area contributed by atoms with Gasteiger partial charge in [0.25, 0.3) is 0 Å². The van der Waals surface area contributed by atoms with Gasteiger partial charge in [0, 0.05) is 16.6 Å². The zero-order chi connectivity index (χ0) is 16.0. The number of nitrogens with two attached hydrogens (primary N) is 1. The van der Waals surface area contributed by atoms with E-state index in [0.29, 0.717) is 24.6 Å². The maximum atomic E-state index is 10.7. The molecule has 0 aliphatic heterocycles. The molecule has 0 radical (unpaired) electrons. The van der Waals surface area contributed by atoms with Crippen LogP contribution >= 0.6 is 11.6 Å². The van der Waals surface area contributed by atoms with Crippen LogP contribution in [0.15, 0.2) is 12.1 Å². The van der Waals surface area contributed by atoms with Crippen LogP contribution in [0.4, 0.5) is 0 Å². The van der Waals surface area contributed by atoms with Crippen LogP contribution in [0, 0.1) is 0 Å². The molecular weight excluding hydrogens is 288 g/mol. The predicted octanol–water partition coefficient (Wildman–Crippen LogP) is 2.83. The minimum atomic E-state index is -0.712. The second-order valence-electron chi connectivity index (χ2n) is 5.42. The summed E-state index contributed by atoms with van der Waals surface area (Å²) in [6.07, 6.45) is -0.0384. The van der Waals surface area contributed by atoms with E-state index in [-0.39, 0.29) is 12.0 Å². The van der Waals surface area contributed by atoms with Gasteiger partial charge in [-0.05, 0) is 50.6 Å². The number of benzene rings is 1. The van der Waals surface area contributed by atoms with Crippen LogP contribution in [-0.4, -0.2) is 31.3 Å². The van der Waals surface area contributed by atoms with Crippen molar-refractivity contribution in [1.82, 2.24) is 5.32 Å². The van der Waals surface area contributed by atoms with Crippen LogP contribution < -0.4 is 15.8 Å².